The standard InChI is InChI=1S/C24H31N5O3S/c1-13-18(33-12-26-13)14-6-8-15(9-7-14)24(5)22(32)27-20(28-24)17-10-16(30)11-29(17)21(31)19(25)23(2,3)4/h6-9,12,16-17,19,30H,10-11,25H2,1-5H3,(H,27,28,32)/t16-,17?,19-,24+/m1/s1. The molecule has 1 aromatic carbocycles. The number of amidine groups is 1. The number of nitrogens with two attached hydrogens (primary N) is 1. The lowest BCUT2D eigenvalue weighted by Gasteiger charge is -2.32. The minimum Gasteiger partial charge on any atom is -0.391 e. The Bertz CT molecular complexity index is 1100. The average Bonchev–Trinajstić information content (AvgIpc) is 3.44. The van der Waals surface area contributed by atoms with Crippen LogP contribution in [0.5, 0.6) is 0 Å². The van der Waals surface area contributed by atoms with Gasteiger partial charge in [0.25, 0.3) is 5.91 Å². The average molecular weight is 470 g/mol. The maximum Gasteiger partial charge on any atom is 0.257 e. The number of β-amino-alcohol motifs (C(OH)–C–C–N with tert-alkyl or cyclic N) is 1. The maximum atomic E-state index is 13.1. The number of carbonyl (C=O) groups is 2. The second kappa shape index (κ2) is 8.30. The third kappa shape index (κ3) is 4.20. The number of nitrogens with one attached hydrogen (secondary N) is 1. The van der Waals surface area contributed by atoms with Crippen LogP contribution in [-0.4, -0.2) is 57.4 Å². The SMILES string of the molecule is Cc1ncsc1-c1ccc([C@]2(C)N=C(C3C[C@@H](O)CN3C(=O)[C@@H](N)C(C)(C)C)NC2=O)cc1. The van der Waals surface area contributed by atoms with Gasteiger partial charge in [-0.1, -0.05) is 45.0 Å². The van der Waals surface area contributed by atoms with E-state index in [1.165, 1.54) is 0 Å². The number of aliphatic hydroxyl groups is 1. The number of aliphatic hydroxyl groups excluding tert-OH is 1. The molecule has 4 N–H and O–H groups in total. The van der Waals surface area contributed by atoms with Gasteiger partial charge >= 0.3 is 0 Å². The molecule has 1 saturated heterocycles. The summed E-state index contributed by atoms with van der Waals surface area (Å²) >= 11 is 1.58. The lowest BCUT2D eigenvalue weighted by atomic mass is 9.86. The van der Waals surface area contributed by atoms with Crippen LogP contribution in [-0.2, 0) is 15.1 Å². The summed E-state index contributed by atoms with van der Waals surface area (Å²) in [6.45, 7) is 9.61. The Kier molecular flexibility index (Phi) is 5.92. The molecule has 0 bridgehead atoms. The minimum absolute atomic E-state index is 0.168. The predicted molar refractivity (Wildman–Crippen MR) is 129 cm³/mol. The number of aryl methyl sites for hydroxylation is 1. The zero-order valence-electron chi connectivity index (χ0n) is 19.6. The molecule has 1 fully saturated rings. The highest BCUT2D eigenvalue weighted by atomic mass is 32.1. The number of nitrogens with zero attached hydrogens (tertiary/aromatic N) is 3. The van der Waals surface area contributed by atoms with Crippen LogP contribution in [0.4, 0.5) is 0 Å². The van der Waals surface area contributed by atoms with Crippen LogP contribution in [0.15, 0.2) is 34.8 Å². The predicted octanol–water partition coefficient (Wildman–Crippen LogP) is 2.20. The molecule has 0 aliphatic carbocycles. The Morgan fingerprint density at radius 2 is 2.00 bits per heavy atom. The second-order valence-corrected chi connectivity index (χ2v) is 11.0. The summed E-state index contributed by atoms with van der Waals surface area (Å²) in [6.07, 6.45) is -0.388. The summed E-state index contributed by atoms with van der Waals surface area (Å²) in [4.78, 5) is 37.9. The lowest BCUT2D eigenvalue weighted by Crippen LogP contribution is -2.54. The Balaban J connectivity index is 1.62. The number of hydrogen-bond donors (Lipinski definition) is 3. The van der Waals surface area contributed by atoms with Crippen molar-refractivity contribution in [2.24, 2.45) is 16.1 Å². The fraction of sp³-hybridized carbons (Fsp3) is 0.500. The number of benzene rings is 1. The first kappa shape index (κ1) is 23.5. The molecule has 1 unspecified atom stereocenters. The van der Waals surface area contributed by atoms with Gasteiger partial charge in [-0.15, -0.1) is 11.3 Å². The van der Waals surface area contributed by atoms with Crippen LogP contribution in [0.25, 0.3) is 10.4 Å². The van der Waals surface area contributed by atoms with E-state index < -0.39 is 29.1 Å². The second-order valence-electron chi connectivity index (χ2n) is 10.1. The van der Waals surface area contributed by atoms with Crippen molar-refractivity contribution in [1.82, 2.24) is 15.2 Å². The number of aromatic nitrogens is 1. The molecule has 2 aromatic rings. The fourth-order valence-electron chi connectivity index (χ4n) is 4.30. The quantitative estimate of drug-likeness (QED) is 0.634. The molecule has 2 aliphatic rings. The summed E-state index contributed by atoms with van der Waals surface area (Å²) in [5.74, 6) is -0.108. The van der Waals surface area contributed by atoms with Crippen molar-refractivity contribution in [3.63, 3.8) is 0 Å². The van der Waals surface area contributed by atoms with Crippen LogP contribution >= 0.6 is 11.3 Å². The normalized spacial score (nSPS) is 26.3. The Morgan fingerprint density at radius 1 is 1.33 bits per heavy atom. The van der Waals surface area contributed by atoms with E-state index in [0.717, 1.165) is 21.7 Å². The van der Waals surface area contributed by atoms with Gasteiger partial charge in [0.1, 0.15) is 5.84 Å². The van der Waals surface area contributed by atoms with E-state index >= 15 is 0 Å². The van der Waals surface area contributed by atoms with E-state index in [0.29, 0.717) is 12.3 Å². The summed E-state index contributed by atoms with van der Waals surface area (Å²) in [6, 6.07) is 6.51. The van der Waals surface area contributed by atoms with Crippen molar-refractivity contribution in [1.29, 1.82) is 0 Å². The Hall–Kier alpha value is -2.62. The first-order chi connectivity index (χ1) is 15.4. The third-order valence-corrected chi connectivity index (χ3v) is 7.54. The summed E-state index contributed by atoms with van der Waals surface area (Å²) in [5, 5.41) is 13.2. The van der Waals surface area contributed by atoms with E-state index in [-0.39, 0.29) is 18.4 Å². The van der Waals surface area contributed by atoms with Gasteiger partial charge in [0.2, 0.25) is 5.91 Å². The maximum absolute atomic E-state index is 13.1. The molecule has 0 spiro atoms. The lowest BCUT2D eigenvalue weighted by molar-refractivity contribution is -0.135. The van der Waals surface area contributed by atoms with Crippen LogP contribution < -0.4 is 11.1 Å². The monoisotopic (exact) mass is 469 g/mol. The molecule has 2 amide bonds. The van der Waals surface area contributed by atoms with Gasteiger partial charge in [0, 0.05) is 13.0 Å². The Morgan fingerprint density at radius 3 is 2.58 bits per heavy atom. The van der Waals surface area contributed by atoms with Gasteiger partial charge in [-0.2, -0.15) is 0 Å². The third-order valence-electron chi connectivity index (χ3n) is 6.56. The first-order valence-electron chi connectivity index (χ1n) is 11.1. The summed E-state index contributed by atoms with van der Waals surface area (Å²) in [7, 11) is 0. The highest BCUT2D eigenvalue weighted by Gasteiger charge is 2.48. The number of thiazole rings is 1. The molecule has 33 heavy (non-hydrogen) atoms. The van der Waals surface area contributed by atoms with E-state index in [1.807, 2.05) is 57.5 Å². The van der Waals surface area contributed by atoms with E-state index in [1.54, 1.807) is 23.2 Å². The van der Waals surface area contributed by atoms with Crippen molar-refractivity contribution in [2.75, 3.05) is 6.54 Å². The van der Waals surface area contributed by atoms with Crippen molar-refractivity contribution in [3.8, 4) is 10.4 Å². The van der Waals surface area contributed by atoms with Gasteiger partial charge < -0.3 is 21.1 Å². The number of rotatable bonds is 4. The summed E-state index contributed by atoms with van der Waals surface area (Å²) < 4.78 is 0. The molecule has 3 heterocycles. The number of hydrogen-bond acceptors (Lipinski definition) is 7. The highest BCUT2D eigenvalue weighted by molar-refractivity contribution is 7.13. The van der Waals surface area contributed by atoms with E-state index in [2.05, 4.69) is 10.3 Å². The molecule has 9 heteroatoms. The van der Waals surface area contributed by atoms with E-state index in [9.17, 15) is 14.7 Å². The minimum atomic E-state index is -1.12. The number of aliphatic imine (C=N–C) groups is 1. The van der Waals surface area contributed by atoms with Crippen molar-refractivity contribution in [2.45, 2.75) is 64.8 Å². The van der Waals surface area contributed by atoms with Crippen molar-refractivity contribution < 1.29 is 14.7 Å². The van der Waals surface area contributed by atoms with E-state index in [4.69, 9.17) is 10.7 Å². The van der Waals surface area contributed by atoms with Crippen LogP contribution in [0.2, 0.25) is 0 Å². The Labute approximate surface area is 197 Å². The highest BCUT2D eigenvalue weighted by Crippen LogP contribution is 2.35. The molecule has 2 aliphatic heterocycles. The van der Waals surface area contributed by atoms with Gasteiger partial charge in [-0.05, 0) is 30.4 Å². The van der Waals surface area contributed by atoms with Gasteiger partial charge in [0.15, 0.2) is 5.54 Å². The van der Waals surface area contributed by atoms with Gasteiger partial charge in [-0.3, -0.25) is 9.59 Å². The largest absolute Gasteiger partial charge is 0.391 e. The first-order valence-corrected chi connectivity index (χ1v) is 12.0. The molecule has 0 saturated carbocycles. The smallest absolute Gasteiger partial charge is 0.257 e. The molecule has 176 valence electrons. The van der Waals surface area contributed by atoms with Gasteiger partial charge in [0.05, 0.1) is 34.3 Å². The van der Waals surface area contributed by atoms with Crippen molar-refractivity contribution >= 4 is 29.0 Å². The number of carbonyl (C=O) groups excluding carboxylic acids is 2. The zero-order valence-corrected chi connectivity index (χ0v) is 20.4. The molecule has 4 rings (SSSR count). The van der Waals surface area contributed by atoms with Crippen LogP contribution in [0.1, 0.15) is 45.4 Å². The van der Waals surface area contributed by atoms with Crippen LogP contribution in [0.3, 0.4) is 0 Å². The molecule has 8 nitrogen and oxygen atoms in total. The molecule has 4 atom stereocenters. The molecular formula is C24H31N5O3S. The van der Waals surface area contributed by atoms with Gasteiger partial charge in [-0.25, -0.2) is 9.98 Å². The number of likely N-dealkylation sites (tertiary alicyclic amines) is 1. The topological polar surface area (TPSA) is 121 Å². The zero-order chi connectivity index (χ0) is 24.1. The number of amides is 2. The fourth-order valence-corrected chi connectivity index (χ4v) is 5.11. The molecular weight excluding hydrogens is 438 g/mol. The molecule has 1 aromatic heterocycles. The molecule has 0 radical (unpaired) electrons. The van der Waals surface area contributed by atoms with Crippen molar-refractivity contribution in [3.05, 3.63) is 41.0 Å². The van der Waals surface area contributed by atoms with Crippen LogP contribution in [0, 0.1) is 12.3 Å². The summed E-state index contributed by atoms with van der Waals surface area (Å²) in [5.41, 5.74) is 9.24.